The van der Waals surface area contributed by atoms with Crippen molar-refractivity contribution in [1.82, 2.24) is 4.72 Å². The topological polar surface area (TPSA) is 84.5 Å². The van der Waals surface area contributed by atoms with Crippen molar-refractivity contribution in [2.75, 3.05) is 18.5 Å². The second-order valence-corrected chi connectivity index (χ2v) is 7.42. The van der Waals surface area contributed by atoms with Gasteiger partial charge in [0.25, 0.3) is 5.91 Å². The van der Waals surface area contributed by atoms with Crippen molar-refractivity contribution in [1.29, 1.82) is 0 Å². The number of carbonyl (C=O) groups is 1. The minimum Gasteiger partial charge on any atom is -0.484 e. The Morgan fingerprint density at radius 1 is 1.08 bits per heavy atom. The number of hydrogen-bond donors (Lipinski definition) is 2. The molecule has 0 saturated heterocycles. The van der Waals surface area contributed by atoms with Gasteiger partial charge in [0.15, 0.2) is 6.61 Å². The van der Waals surface area contributed by atoms with Crippen LogP contribution in [0.2, 0.25) is 5.02 Å². The summed E-state index contributed by atoms with van der Waals surface area (Å²) in [5.74, 6) is 0.0735. The Bertz CT molecular complexity index is 806. The molecule has 2 rings (SSSR count). The molecule has 0 aliphatic carbocycles. The standard InChI is InChI=1S/C17H19ClN2O4S/c1-2-11-19-25(22,23)16-9-7-15(8-10-16)24-12-17(21)20-14-5-3-13(18)4-6-14/h3-10,19H,2,11-12H2,1H3,(H,20,21). The van der Waals surface area contributed by atoms with Gasteiger partial charge in [-0.1, -0.05) is 18.5 Å². The Labute approximate surface area is 152 Å². The van der Waals surface area contributed by atoms with Gasteiger partial charge in [-0.3, -0.25) is 4.79 Å². The van der Waals surface area contributed by atoms with Crippen LogP contribution in [0.4, 0.5) is 5.69 Å². The third-order valence-corrected chi connectivity index (χ3v) is 4.90. The van der Waals surface area contributed by atoms with E-state index in [1.165, 1.54) is 24.3 Å². The third kappa shape index (κ3) is 6.04. The number of benzene rings is 2. The lowest BCUT2D eigenvalue weighted by Gasteiger charge is -2.09. The van der Waals surface area contributed by atoms with Crippen molar-refractivity contribution in [3.63, 3.8) is 0 Å². The van der Waals surface area contributed by atoms with Crippen LogP contribution < -0.4 is 14.8 Å². The van der Waals surface area contributed by atoms with Crippen molar-refractivity contribution in [2.24, 2.45) is 0 Å². The van der Waals surface area contributed by atoms with Crippen LogP contribution in [0.1, 0.15) is 13.3 Å². The number of ether oxygens (including phenoxy) is 1. The zero-order valence-electron chi connectivity index (χ0n) is 13.7. The van der Waals surface area contributed by atoms with Crippen molar-refractivity contribution < 1.29 is 17.9 Å². The van der Waals surface area contributed by atoms with E-state index in [0.717, 1.165) is 0 Å². The quantitative estimate of drug-likeness (QED) is 0.734. The predicted octanol–water partition coefficient (Wildman–Crippen LogP) is 3.05. The number of amides is 1. The van der Waals surface area contributed by atoms with Crippen molar-refractivity contribution in [2.45, 2.75) is 18.2 Å². The van der Waals surface area contributed by atoms with Gasteiger partial charge >= 0.3 is 0 Å². The Hall–Kier alpha value is -2.09. The lowest BCUT2D eigenvalue weighted by Crippen LogP contribution is -2.24. The van der Waals surface area contributed by atoms with E-state index in [1.54, 1.807) is 24.3 Å². The van der Waals surface area contributed by atoms with Gasteiger partial charge in [0.05, 0.1) is 4.90 Å². The molecule has 1 amide bonds. The molecule has 8 heteroatoms. The van der Waals surface area contributed by atoms with Gasteiger partial charge < -0.3 is 10.1 Å². The minimum atomic E-state index is -3.51. The summed E-state index contributed by atoms with van der Waals surface area (Å²) < 4.78 is 31.8. The molecule has 0 radical (unpaired) electrons. The van der Waals surface area contributed by atoms with Crippen molar-refractivity contribution in [3.8, 4) is 5.75 Å². The largest absolute Gasteiger partial charge is 0.484 e. The summed E-state index contributed by atoms with van der Waals surface area (Å²) >= 11 is 5.78. The first-order chi connectivity index (χ1) is 11.9. The Kier molecular flexibility index (Phi) is 6.81. The summed E-state index contributed by atoms with van der Waals surface area (Å²) in [6, 6.07) is 12.6. The number of carbonyl (C=O) groups excluding carboxylic acids is 1. The fourth-order valence-corrected chi connectivity index (χ4v) is 3.17. The summed E-state index contributed by atoms with van der Waals surface area (Å²) in [4.78, 5) is 12.0. The highest BCUT2D eigenvalue weighted by Gasteiger charge is 2.13. The number of sulfonamides is 1. The SMILES string of the molecule is CCCNS(=O)(=O)c1ccc(OCC(=O)Nc2ccc(Cl)cc2)cc1. The monoisotopic (exact) mass is 382 g/mol. The van der Waals surface area contributed by atoms with Gasteiger partial charge in [-0.2, -0.15) is 0 Å². The van der Waals surface area contributed by atoms with E-state index in [4.69, 9.17) is 16.3 Å². The third-order valence-electron chi connectivity index (χ3n) is 3.17. The van der Waals surface area contributed by atoms with Gasteiger partial charge in [0.2, 0.25) is 10.0 Å². The summed E-state index contributed by atoms with van der Waals surface area (Å²) in [5, 5.41) is 3.25. The minimum absolute atomic E-state index is 0.152. The Morgan fingerprint density at radius 3 is 2.32 bits per heavy atom. The molecule has 0 fully saturated rings. The zero-order valence-corrected chi connectivity index (χ0v) is 15.2. The second-order valence-electron chi connectivity index (χ2n) is 5.21. The molecule has 0 spiro atoms. The molecule has 2 aromatic rings. The van der Waals surface area contributed by atoms with Gasteiger partial charge in [-0.25, -0.2) is 13.1 Å². The smallest absolute Gasteiger partial charge is 0.262 e. The van der Waals surface area contributed by atoms with E-state index in [-0.39, 0.29) is 17.4 Å². The number of hydrogen-bond acceptors (Lipinski definition) is 4. The van der Waals surface area contributed by atoms with Crippen LogP contribution in [0.15, 0.2) is 53.4 Å². The molecule has 2 aromatic carbocycles. The Balaban J connectivity index is 1.88. The second kappa shape index (κ2) is 8.84. The highest BCUT2D eigenvalue weighted by Crippen LogP contribution is 2.16. The molecule has 2 N–H and O–H groups in total. The van der Waals surface area contributed by atoms with Crippen LogP contribution in [-0.4, -0.2) is 27.5 Å². The van der Waals surface area contributed by atoms with Crippen molar-refractivity contribution >= 4 is 33.2 Å². The summed E-state index contributed by atoms with van der Waals surface area (Å²) in [6.07, 6.45) is 0.711. The molecule has 0 saturated carbocycles. The van der Waals surface area contributed by atoms with Gasteiger partial charge in [-0.05, 0) is 55.0 Å². The molecule has 0 atom stereocenters. The van der Waals surface area contributed by atoms with Crippen LogP contribution in [0, 0.1) is 0 Å². The number of nitrogens with one attached hydrogen (secondary N) is 2. The molecule has 0 unspecified atom stereocenters. The first-order valence-corrected chi connectivity index (χ1v) is 9.55. The molecule has 6 nitrogen and oxygen atoms in total. The summed E-state index contributed by atoms with van der Waals surface area (Å²) in [6.45, 7) is 2.07. The maximum atomic E-state index is 12.0. The number of anilines is 1. The summed E-state index contributed by atoms with van der Waals surface area (Å²) in [7, 11) is -3.51. The molecule has 0 aromatic heterocycles. The zero-order chi connectivity index (χ0) is 18.3. The molecule has 0 aliphatic heterocycles. The maximum Gasteiger partial charge on any atom is 0.262 e. The summed E-state index contributed by atoms with van der Waals surface area (Å²) in [5.41, 5.74) is 0.612. The highest BCUT2D eigenvalue weighted by atomic mass is 35.5. The molecular weight excluding hydrogens is 364 g/mol. The number of halogens is 1. The molecule has 0 aliphatic rings. The lowest BCUT2D eigenvalue weighted by atomic mass is 10.3. The van der Waals surface area contributed by atoms with E-state index in [9.17, 15) is 13.2 Å². The number of rotatable bonds is 8. The first-order valence-electron chi connectivity index (χ1n) is 7.68. The van der Waals surface area contributed by atoms with E-state index in [0.29, 0.717) is 29.4 Å². The average molecular weight is 383 g/mol. The molecule has 0 bridgehead atoms. The van der Waals surface area contributed by atoms with Crippen molar-refractivity contribution in [3.05, 3.63) is 53.6 Å². The molecular formula is C17H19ClN2O4S. The molecule has 134 valence electrons. The van der Waals surface area contributed by atoms with Crippen LogP contribution >= 0.6 is 11.6 Å². The van der Waals surface area contributed by atoms with E-state index < -0.39 is 10.0 Å². The Morgan fingerprint density at radius 2 is 1.72 bits per heavy atom. The molecule has 0 heterocycles. The normalized spacial score (nSPS) is 11.1. The van der Waals surface area contributed by atoms with E-state index in [2.05, 4.69) is 10.0 Å². The van der Waals surface area contributed by atoms with Gasteiger partial charge in [-0.15, -0.1) is 0 Å². The fraction of sp³-hybridized carbons (Fsp3) is 0.235. The van der Waals surface area contributed by atoms with Gasteiger partial charge in [0.1, 0.15) is 5.75 Å². The van der Waals surface area contributed by atoms with Crippen LogP contribution in [0.3, 0.4) is 0 Å². The average Bonchev–Trinajstić information content (AvgIpc) is 2.60. The predicted molar refractivity (Wildman–Crippen MR) is 97.5 cm³/mol. The van der Waals surface area contributed by atoms with E-state index in [1.807, 2.05) is 6.92 Å². The lowest BCUT2D eigenvalue weighted by molar-refractivity contribution is -0.118. The maximum absolute atomic E-state index is 12.0. The van der Waals surface area contributed by atoms with Crippen LogP contribution in [-0.2, 0) is 14.8 Å². The van der Waals surface area contributed by atoms with E-state index >= 15 is 0 Å². The molecule has 25 heavy (non-hydrogen) atoms. The van der Waals surface area contributed by atoms with Crippen LogP contribution in [0.5, 0.6) is 5.75 Å². The fourth-order valence-electron chi connectivity index (χ4n) is 1.91. The van der Waals surface area contributed by atoms with Gasteiger partial charge in [0, 0.05) is 17.3 Å². The highest BCUT2D eigenvalue weighted by molar-refractivity contribution is 7.89. The first kappa shape index (κ1) is 19.2. The van der Waals surface area contributed by atoms with Crippen LogP contribution in [0.25, 0.3) is 0 Å².